The molecule has 1 heterocycles. The van der Waals surface area contributed by atoms with Crippen LogP contribution in [0.3, 0.4) is 0 Å². The van der Waals surface area contributed by atoms with Gasteiger partial charge < -0.3 is 9.84 Å². The fourth-order valence-electron chi connectivity index (χ4n) is 2.40. The first-order chi connectivity index (χ1) is 9.13. The van der Waals surface area contributed by atoms with E-state index >= 15 is 0 Å². The first-order valence-corrected chi connectivity index (χ1v) is 6.34. The van der Waals surface area contributed by atoms with Crippen LogP contribution < -0.4 is 4.74 Å². The number of hydrogen-bond donors (Lipinski definition) is 1. The van der Waals surface area contributed by atoms with Gasteiger partial charge in [0.1, 0.15) is 17.7 Å². The van der Waals surface area contributed by atoms with E-state index in [1.54, 1.807) is 6.07 Å². The van der Waals surface area contributed by atoms with E-state index in [0.29, 0.717) is 17.7 Å². The van der Waals surface area contributed by atoms with E-state index in [1.807, 2.05) is 31.2 Å². The molecule has 1 unspecified atom stereocenters. The summed E-state index contributed by atoms with van der Waals surface area (Å²) in [5.74, 6) is 0.0832. The zero-order chi connectivity index (χ0) is 13.4. The molecule has 0 saturated heterocycles. The molecule has 98 valence electrons. The number of aliphatic hydroxyl groups is 1. The average Bonchev–Trinajstić information content (AvgIpc) is 2.38. The van der Waals surface area contributed by atoms with Crippen molar-refractivity contribution in [3.05, 3.63) is 65.0 Å². The Bertz CT molecular complexity index is 592. The van der Waals surface area contributed by atoms with Crippen molar-refractivity contribution in [2.75, 3.05) is 0 Å². The minimum atomic E-state index is -0.615. The summed E-state index contributed by atoms with van der Waals surface area (Å²) in [6.07, 6.45) is -0.359. The second-order valence-corrected chi connectivity index (χ2v) is 4.95. The molecule has 2 atom stereocenters. The molecule has 1 aliphatic heterocycles. The lowest BCUT2D eigenvalue weighted by molar-refractivity contribution is 0.0654. The van der Waals surface area contributed by atoms with Gasteiger partial charge in [-0.25, -0.2) is 4.39 Å². The molecule has 2 aromatic carbocycles. The highest BCUT2D eigenvalue weighted by molar-refractivity contribution is 5.39. The molecule has 2 aromatic rings. The predicted molar refractivity (Wildman–Crippen MR) is 70.5 cm³/mol. The molecule has 0 spiro atoms. The van der Waals surface area contributed by atoms with Crippen molar-refractivity contribution in [3.8, 4) is 5.75 Å². The van der Waals surface area contributed by atoms with Gasteiger partial charge in [-0.1, -0.05) is 29.8 Å². The highest BCUT2D eigenvalue weighted by Crippen LogP contribution is 2.40. The normalized spacial score (nSPS) is 21.6. The number of benzene rings is 2. The molecule has 0 fully saturated rings. The number of ether oxygens (including phenoxy) is 1. The molecule has 0 radical (unpaired) electrons. The largest absolute Gasteiger partial charge is 0.485 e. The first-order valence-electron chi connectivity index (χ1n) is 6.34. The van der Waals surface area contributed by atoms with Crippen LogP contribution in [0, 0.1) is 12.7 Å². The van der Waals surface area contributed by atoms with Crippen LogP contribution in [0.5, 0.6) is 5.75 Å². The van der Waals surface area contributed by atoms with Gasteiger partial charge in [-0.3, -0.25) is 0 Å². The van der Waals surface area contributed by atoms with E-state index in [9.17, 15) is 9.50 Å². The van der Waals surface area contributed by atoms with Crippen molar-refractivity contribution in [1.82, 2.24) is 0 Å². The van der Waals surface area contributed by atoms with Gasteiger partial charge in [-0.15, -0.1) is 0 Å². The minimum absolute atomic E-state index is 0.232. The van der Waals surface area contributed by atoms with E-state index in [0.717, 1.165) is 5.56 Å². The Balaban J connectivity index is 1.93. The van der Waals surface area contributed by atoms with Crippen LogP contribution in [0.1, 0.15) is 35.3 Å². The quantitative estimate of drug-likeness (QED) is 0.845. The molecule has 19 heavy (non-hydrogen) atoms. The predicted octanol–water partition coefficient (Wildman–Crippen LogP) is 3.69. The van der Waals surface area contributed by atoms with Gasteiger partial charge in [-0.05, 0) is 24.6 Å². The third kappa shape index (κ3) is 2.34. The van der Waals surface area contributed by atoms with Crippen molar-refractivity contribution in [2.24, 2.45) is 0 Å². The second kappa shape index (κ2) is 4.67. The fourth-order valence-corrected chi connectivity index (χ4v) is 2.40. The van der Waals surface area contributed by atoms with Crippen molar-refractivity contribution in [3.63, 3.8) is 0 Å². The molecule has 1 aliphatic rings. The number of fused-ring (bicyclic) bond motifs is 1. The Morgan fingerprint density at radius 3 is 2.63 bits per heavy atom. The van der Waals surface area contributed by atoms with E-state index in [1.165, 1.54) is 17.7 Å². The SMILES string of the molecule is Cc1ccc(C2C[C@H](O)c3ccc(F)cc3O2)cc1. The Kier molecular flexibility index (Phi) is 2.99. The molecular formula is C16H15FO2. The van der Waals surface area contributed by atoms with Gasteiger partial charge in [0, 0.05) is 18.1 Å². The van der Waals surface area contributed by atoms with Crippen LogP contribution in [0.25, 0.3) is 0 Å². The van der Waals surface area contributed by atoms with Crippen molar-refractivity contribution < 1.29 is 14.2 Å². The molecule has 0 saturated carbocycles. The number of rotatable bonds is 1. The van der Waals surface area contributed by atoms with Crippen LogP contribution in [-0.2, 0) is 0 Å². The summed E-state index contributed by atoms with van der Waals surface area (Å²) in [7, 11) is 0. The molecule has 2 nitrogen and oxygen atoms in total. The molecule has 0 aromatic heterocycles. The third-order valence-electron chi connectivity index (χ3n) is 3.49. The van der Waals surface area contributed by atoms with Crippen molar-refractivity contribution in [1.29, 1.82) is 0 Å². The van der Waals surface area contributed by atoms with Crippen LogP contribution in [-0.4, -0.2) is 5.11 Å². The maximum Gasteiger partial charge on any atom is 0.128 e. The van der Waals surface area contributed by atoms with Gasteiger partial charge in [0.25, 0.3) is 0 Å². The van der Waals surface area contributed by atoms with E-state index in [2.05, 4.69) is 0 Å². The number of aryl methyl sites for hydroxylation is 1. The Hall–Kier alpha value is -1.87. The zero-order valence-electron chi connectivity index (χ0n) is 10.6. The molecule has 0 bridgehead atoms. The third-order valence-corrected chi connectivity index (χ3v) is 3.49. The van der Waals surface area contributed by atoms with Crippen LogP contribution in [0.2, 0.25) is 0 Å². The Labute approximate surface area is 111 Å². The molecule has 0 aliphatic carbocycles. The molecular weight excluding hydrogens is 243 g/mol. The second-order valence-electron chi connectivity index (χ2n) is 4.95. The molecule has 3 rings (SSSR count). The minimum Gasteiger partial charge on any atom is -0.485 e. The number of hydrogen-bond acceptors (Lipinski definition) is 2. The van der Waals surface area contributed by atoms with E-state index in [-0.39, 0.29) is 11.9 Å². The van der Waals surface area contributed by atoms with Gasteiger partial charge in [-0.2, -0.15) is 0 Å². The van der Waals surface area contributed by atoms with Crippen molar-refractivity contribution >= 4 is 0 Å². The lowest BCUT2D eigenvalue weighted by Gasteiger charge is -2.30. The summed E-state index contributed by atoms with van der Waals surface area (Å²) in [4.78, 5) is 0. The summed E-state index contributed by atoms with van der Waals surface area (Å²) in [6, 6.07) is 12.2. The first kappa shape index (κ1) is 12.2. The topological polar surface area (TPSA) is 29.5 Å². The van der Waals surface area contributed by atoms with Gasteiger partial charge in [0.15, 0.2) is 0 Å². The Morgan fingerprint density at radius 2 is 1.89 bits per heavy atom. The number of halogens is 1. The highest BCUT2D eigenvalue weighted by Gasteiger charge is 2.28. The van der Waals surface area contributed by atoms with Gasteiger partial charge >= 0.3 is 0 Å². The van der Waals surface area contributed by atoms with Gasteiger partial charge in [0.2, 0.25) is 0 Å². The smallest absolute Gasteiger partial charge is 0.128 e. The summed E-state index contributed by atoms with van der Waals surface area (Å²) < 4.78 is 19.1. The van der Waals surface area contributed by atoms with Crippen molar-refractivity contribution in [2.45, 2.75) is 25.6 Å². The maximum atomic E-state index is 13.2. The molecule has 1 N–H and O–H groups in total. The lowest BCUT2D eigenvalue weighted by Crippen LogP contribution is -2.19. The fraction of sp³-hybridized carbons (Fsp3) is 0.250. The summed E-state index contributed by atoms with van der Waals surface area (Å²) in [6.45, 7) is 2.02. The van der Waals surface area contributed by atoms with Crippen LogP contribution in [0.4, 0.5) is 4.39 Å². The zero-order valence-corrected chi connectivity index (χ0v) is 10.6. The lowest BCUT2D eigenvalue weighted by atomic mass is 9.94. The van der Waals surface area contributed by atoms with Crippen LogP contribution in [0.15, 0.2) is 42.5 Å². The number of aliphatic hydroxyl groups excluding tert-OH is 1. The van der Waals surface area contributed by atoms with Crippen LogP contribution >= 0.6 is 0 Å². The van der Waals surface area contributed by atoms with E-state index < -0.39 is 6.10 Å². The monoisotopic (exact) mass is 258 g/mol. The maximum absolute atomic E-state index is 13.2. The summed E-state index contributed by atoms with van der Waals surface area (Å²) in [5.41, 5.74) is 2.83. The summed E-state index contributed by atoms with van der Waals surface area (Å²) in [5, 5.41) is 10.1. The standard InChI is InChI=1S/C16H15FO2/c1-10-2-4-11(5-3-10)15-9-14(18)13-7-6-12(17)8-16(13)19-15/h2-8,14-15,18H,9H2,1H3/t14-,15?/m0/s1. The molecule has 3 heteroatoms. The average molecular weight is 258 g/mol. The Morgan fingerprint density at radius 1 is 1.16 bits per heavy atom. The molecule has 0 amide bonds. The van der Waals surface area contributed by atoms with E-state index in [4.69, 9.17) is 4.74 Å². The highest BCUT2D eigenvalue weighted by atomic mass is 19.1. The summed E-state index contributed by atoms with van der Waals surface area (Å²) >= 11 is 0. The van der Waals surface area contributed by atoms with Gasteiger partial charge in [0.05, 0.1) is 6.10 Å².